The average Bonchev–Trinajstić information content (AvgIpc) is 2.95. The molecule has 1 unspecified atom stereocenters. The van der Waals surface area contributed by atoms with Crippen molar-refractivity contribution in [2.45, 2.75) is 13.0 Å². The van der Waals surface area contributed by atoms with Crippen LogP contribution in [-0.4, -0.2) is 41.8 Å². The molecule has 1 aromatic carbocycles. The third kappa shape index (κ3) is 2.66. The van der Waals surface area contributed by atoms with E-state index in [1.165, 1.54) is 0 Å². The summed E-state index contributed by atoms with van der Waals surface area (Å²) < 4.78 is 7.00. The van der Waals surface area contributed by atoms with Gasteiger partial charge in [0.1, 0.15) is 11.8 Å². The fourth-order valence-electron chi connectivity index (χ4n) is 2.04. The molecule has 106 valence electrons. The zero-order valence-electron chi connectivity index (χ0n) is 12.2. The molecule has 1 heterocycles. The lowest BCUT2D eigenvalue weighted by molar-refractivity contribution is -0.131. The molecule has 0 aliphatic heterocycles. The van der Waals surface area contributed by atoms with Crippen LogP contribution in [0.1, 0.15) is 13.0 Å². The summed E-state index contributed by atoms with van der Waals surface area (Å²) >= 11 is 0. The molecule has 0 aliphatic rings. The van der Waals surface area contributed by atoms with E-state index in [-0.39, 0.29) is 11.9 Å². The molecule has 5 nitrogen and oxygen atoms in total. The monoisotopic (exact) mass is 273 g/mol. The average molecular weight is 273 g/mol. The lowest BCUT2D eigenvalue weighted by atomic mass is 10.1. The molecule has 5 heteroatoms. The predicted molar refractivity (Wildman–Crippen MR) is 77.6 cm³/mol. The van der Waals surface area contributed by atoms with E-state index in [2.05, 4.69) is 5.10 Å². The first-order valence-corrected chi connectivity index (χ1v) is 6.44. The van der Waals surface area contributed by atoms with E-state index in [0.29, 0.717) is 0 Å². The maximum absolute atomic E-state index is 12.0. The van der Waals surface area contributed by atoms with E-state index in [4.69, 9.17) is 4.74 Å². The molecule has 0 saturated carbocycles. The van der Waals surface area contributed by atoms with Crippen molar-refractivity contribution in [1.82, 2.24) is 14.7 Å². The van der Waals surface area contributed by atoms with E-state index in [1.807, 2.05) is 43.5 Å². The van der Waals surface area contributed by atoms with Crippen molar-refractivity contribution >= 4 is 5.91 Å². The first-order valence-electron chi connectivity index (χ1n) is 6.44. The highest BCUT2D eigenvalue weighted by Gasteiger charge is 2.18. The molecule has 1 atom stereocenters. The Labute approximate surface area is 118 Å². The van der Waals surface area contributed by atoms with E-state index < -0.39 is 0 Å². The van der Waals surface area contributed by atoms with Crippen molar-refractivity contribution in [1.29, 1.82) is 0 Å². The molecule has 0 N–H and O–H groups in total. The van der Waals surface area contributed by atoms with Crippen molar-refractivity contribution in [3.05, 3.63) is 36.5 Å². The number of hydrogen-bond acceptors (Lipinski definition) is 3. The zero-order valence-corrected chi connectivity index (χ0v) is 12.2. The van der Waals surface area contributed by atoms with E-state index in [1.54, 1.807) is 30.8 Å². The summed E-state index contributed by atoms with van der Waals surface area (Å²) in [6.07, 6.45) is 1.81. The quantitative estimate of drug-likeness (QED) is 0.858. The van der Waals surface area contributed by atoms with Crippen LogP contribution in [0, 0.1) is 0 Å². The van der Waals surface area contributed by atoms with E-state index in [0.717, 1.165) is 17.0 Å². The lowest BCUT2D eigenvalue weighted by Crippen LogP contribution is -2.30. The minimum absolute atomic E-state index is 0.0136. The van der Waals surface area contributed by atoms with Crippen molar-refractivity contribution < 1.29 is 9.53 Å². The summed E-state index contributed by atoms with van der Waals surface area (Å²) in [4.78, 5) is 13.5. The second kappa shape index (κ2) is 5.77. The molecule has 1 aromatic heterocycles. The number of ether oxygens (including phenoxy) is 1. The molecule has 0 saturated heterocycles. The first-order chi connectivity index (χ1) is 9.54. The molecular formula is C15H19N3O2. The van der Waals surface area contributed by atoms with Crippen molar-refractivity contribution in [2.24, 2.45) is 0 Å². The second-order valence-corrected chi connectivity index (χ2v) is 4.79. The highest BCUT2D eigenvalue weighted by molar-refractivity contribution is 5.79. The Morgan fingerprint density at radius 2 is 2.00 bits per heavy atom. The van der Waals surface area contributed by atoms with Gasteiger partial charge in [-0.05, 0) is 25.1 Å². The van der Waals surface area contributed by atoms with Gasteiger partial charge in [0.15, 0.2) is 0 Å². The topological polar surface area (TPSA) is 47.4 Å². The highest BCUT2D eigenvalue weighted by atomic mass is 16.5. The summed E-state index contributed by atoms with van der Waals surface area (Å²) in [5.74, 6) is 0.781. The van der Waals surface area contributed by atoms with Crippen molar-refractivity contribution in [2.75, 3.05) is 21.2 Å². The standard InChI is InChI=1S/C15H19N3O2/c1-11(15(19)17(2)3)18-10-9-13(16-18)12-7-5-6-8-14(12)20-4/h5-11H,1-4H3. The van der Waals surface area contributed by atoms with Crippen molar-refractivity contribution in [3.63, 3.8) is 0 Å². The summed E-state index contributed by atoms with van der Waals surface area (Å²) in [5, 5.41) is 4.48. The summed E-state index contributed by atoms with van der Waals surface area (Å²) in [6, 6.07) is 9.25. The van der Waals surface area contributed by atoms with Gasteiger partial charge in [-0.3, -0.25) is 9.48 Å². The van der Waals surface area contributed by atoms with Crippen LogP contribution in [0.15, 0.2) is 36.5 Å². The molecule has 2 rings (SSSR count). The Morgan fingerprint density at radius 1 is 1.30 bits per heavy atom. The van der Waals surface area contributed by atoms with Gasteiger partial charge in [0.2, 0.25) is 5.91 Å². The van der Waals surface area contributed by atoms with Gasteiger partial charge in [0.25, 0.3) is 0 Å². The molecule has 1 amide bonds. The van der Waals surface area contributed by atoms with E-state index in [9.17, 15) is 4.79 Å². The molecule has 0 aliphatic carbocycles. The Kier molecular flexibility index (Phi) is 4.08. The van der Waals surface area contributed by atoms with Crippen LogP contribution >= 0.6 is 0 Å². The van der Waals surface area contributed by atoms with Gasteiger partial charge in [0.05, 0.1) is 12.8 Å². The number of hydrogen-bond donors (Lipinski definition) is 0. The fraction of sp³-hybridized carbons (Fsp3) is 0.333. The van der Waals surface area contributed by atoms with Gasteiger partial charge < -0.3 is 9.64 Å². The predicted octanol–water partition coefficient (Wildman–Crippen LogP) is 2.21. The molecule has 0 radical (unpaired) electrons. The third-order valence-corrected chi connectivity index (χ3v) is 3.19. The number of methoxy groups -OCH3 is 1. The first kappa shape index (κ1) is 14.1. The molecular weight excluding hydrogens is 254 g/mol. The minimum atomic E-state index is -0.326. The van der Waals surface area contributed by atoms with Gasteiger partial charge >= 0.3 is 0 Å². The second-order valence-electron chi connectivity index (χ2n) is 4.79. The Bertz CT molecular complexity index is 605. The summed E-state index contributed by atoms with van der Waals surface area (Å²) in [6.45, 7) is 1.83. The lowest BCUT2D eigenvalue weighted by Gasteiger charge is -2.17. The van der Waals surface area contributed by atoms with Crippen LogP contribution in [0.2, 0.25) is 0 Å². The van der Waals surface area contributed by atoms with Crippen LogP contribution in [0.3, 0.4) is 0 Å². The Hall–Kier alpha value is -2.30. The highest BCUT2D eigenvalue weighted by Crippen LogP contribution is 2.28. The zero-order chi connectivity index (χ0) is 14.7. The third-order valence-electron chi connectivity index (χ3n) is 3.19. The van der Waals surface area contributed by atoms with Gasteiger partial charge in [0, 0.05) is 25.9 Å². The van der Waals surface area contributed by atoms with Gasteiger partial charge in [-0.25, -0.2) is 0 Å². The van der Waals surface area contributed by atoms with Crippen molar-refractivity contribution in [3.8, 4) is 17.0 Å². The van der Waals surface area contributed by atoms with Gasteiger partial charge in [-0.2, -0.15) is 5.10 Å². The SMILES string of the molecule is COc1ccccc1-c1ccn(C(C)C(=O)N(C)C)n1. The molecule has 0 spiro atoms. The number of likely N-dealkylation sites (N-methyl/N-ethyl adjacent to an activating group) is 1. The number of aromatic nitrogens is 2. The maximum atomic E-state index is 12.0. The normalized spacial score (nSPS) is 12.0. The molecule has 0 bridgehead atoms. The summed E-state index contributed by atoms with van der Waals surface area (Å²) in [7, 11) is 5.11. The number of carbonyl (C=O) groups excluding carboxylic acids is 1. The largest absolute Gasteiger partial charge is 0.496 e. The fourth-order valence-corrected chi connectivity index (χ4v) is 2.04. The van der Waals surface area contributed by atoms with Crippen LogP contribution in [0.25, 0.3) is 11.3 Å². The summed E-state index contributed by atoms with van der Waals surface area (Å²) in [5.41, 5.74) is 1.71. The number of nitrogens with zero attached hydrogens (tertiary/aromatic N) is 3. The van der Waals surface area contributed by atoms with E-state index >= 15 is 0 Å². The number of benzene rings is 1. The molecule has 20 heavy (non-hydrogen) atoms. The van der Waals surface area contributed by atoms with Crippen LogP contribution in [0.4, 0.5) is 0 Å². The van der Waals surface area contributed by atoms with Crippen LogP contribution in [-0.2, 0) is 4.79 Å². The van der Waals surface area contributed by atoms with Crippen LogP contribution < -0.4 is 4.74 Å². The number of amides is 1. The maximum Gasteiger partial charge on any atom is 0.246 e. The number of carbonyl (C=O) groups is 1. The number of para-hydroxylation sites is 1. The number of rotatable bonds is 4. The van der Waals surface area contributed by atoms with Gasteiger partial charge in [-0.1, -0.05) is 12.1 Å². The molecule has 2 aromatic rings. The Balaban J connectivity index is 2.31. The van der Waals surface area contributed by atoms with Crippen LogP contribution in [0.5, 0.6) is 5.75 Å². The smallest absolute Gasteiger partial charge is 0.246 e. The molecule has 0 fully saturated rings. The minimum Gasteiger partial charge on any atom is -0.496 e. The Morgan fingerprint density at radius 3 is 2.65 bits per heavy atom. The van der Waals surface area contributed by atoms with Gasteiger partial charge in [-0.15, -0.1) is 0 Å².